The third kappa shape index (κ3) is 4.67. The van der Waals surface area contributed by atoms with Crippen molar-refractivity contribution in [2.45, 2.75) is 12.7 Å². The summed E-state index contributed by atoms with van der Waals surface area (Å²) in [5, 5.41) is 10.7. The van der Waals surface area contributed by atoms with Gasteiger partial charge >= 0.3 is 0 Å². The van der Waals surface area contributed by atoms with E-state index in [0.717, 1.165) is 27.9 Å². The van der Waals surface area contributed by atoms with Gasteiger partial charge in [-0.1, -0.05) is 65.1 Å². The van der Waals surface area contributed by atoms with Crippen LogP contribution in [0.25, 0.3) is 11.1 Å². The molecule has 0 radical (unpaired) electrons. The van der Waals surface area contributed by atoms with Crippen LogP contribution in [0.1, 0.15) is 28.5 Å². The Morgan fingerprint density at radius 2 is 1.81 bits per heavy atom. The van der Waals surface area contributed by atoms with E-state index in [1.54, 1.807) is 30.7 Å². The number of rotatable bonds is 6. The number of nitriles is 1. The van der Waals surface area contributed by atoms with Gasteiger partial charge in [0.05, 0.1) is 46.5 Å². The zero-order valence-electron chi connectivity index (χ0n) is 17.1. The van der Waals surface area contributed by atoms with Crippen LogP contribution in [0, 0.1) is 11.3 Å². The van der Waals surface area contributed by atoms with Crippen molar-refractivity contribution in [3.8, 4) is 17.2 Å². The van der Waals surface area contributed by atoms with Crippen molar-refractivity contribution < 1.29 is 4.74 Å². The van der Waals surface area contributed by atoms with Crippen LogP contribution < -0.4 is 0 Å². The minimum atomic E-state index is -0.381. The van der Waals surface area contributed by atoms with Crippen molar-refractivity contribution in [2.24, 2.45) is 7.05 Å². The minimum absolute atomic E-state index is 0.297. The molecule has 4 aromatic rings. The number of nitrogens with zero attached hydrogens (tertiary/aromatic N) is 3. The predicted molar refractivity (Wildman–Crippen MR) is 128 cm³/mol. The summed E-state index contributed by atoms with van der Waals surface area (Å²) in [5.41, 5.74) is 4.96. The number of halogens is 3. The van der Waals surface area contributed by atoms with E-state index < -0.39 is 0 Å². The summed E-state index contributed by atoms with van der Waals surface area (Å²) >= 11 is 19.0. The topological polar surface area (TPSA) is 50.8 Å². The Kier molecular flexibility index (Phi) is 6.83. The number of imidazole rings is 1. The molecule has 0 amide bonds. The molecular weight excluding hydrogens is 465 g/mol. The predicted octanol–water partition coefficient (Wildman–Crippen LogP) is 7.23. The van der Waals surface area contributed by atoms with Crippen molar-refractivity contribution in [3.05, 3.63) is 111 Å². The van der Waals surface area contributed by atoms with Crippen molar-refractivity contribution in [2.75, 3.05) is 0 Å². The van der Waals surface area contributed by atoms with E-state index in [1.165, 1.54) is 0 Å². The molecule has 0 aliphatic carbocycles. The van der Waals surface area contributed by atoms with E-state index in [0.29, 0.717) is 27.2 Å². The van der Waals surface area contributed by atoms with Crippen LogP contribution in [0.15, 0.2) is 73.2 Å². The molecule has 1 heterocycles. The highest BCUT2D eigenvalue weighted by atomic mass is 35.5. The molecule has 3 aromatic carbocycles. The van der Waals surface area contributed by atoms with Crippen LogP contribution >= 0.6 is 34.8 Å². The van der Waals surface area contributed by atoms with Crippen molar-refractivity contribution in [1.29, 1.82) is 5.26 Å². The first-order valence-corrected chi connectivity index (χ1v) is 10.9. The Labute approximate surface area is 201 Å². The lowest BCUT2D eigenvalue weighted by Crippen LogP contribution is -2.11. The van der Waals surface area contributed by atoms with Gasteiger partial charge in [-0.3, -0.25) is 0 Å². The first-order chi connectivity index (χ1) is 15.5. The van der Waals surface area contributed by atoms with Gasteiger partial charge in [-0.05, 0) is 47.0 Å². The lowest BCUT2D eigenvalue weighted by Gasteiger charge is -2.21. The number of hydrogen-bond donors (Lipinski definition) is 0. The summed E-state index contributed by atoms with van der Waals surface area (Å²) in [7, 11) is 1.92. The monoisotopic (exact) mass is 481 g/mol. The van der Waals surface area contributed by atoms with E-state index in [4.69, 9.17) is 44.8 Å². The van der Waals surface area contributed by atoms with Crippen LogP contribution in [-0.4, -0.2) is 9.55 Å². The molecule has 32 heavy (non-hydrogen) atoms. The molecule has 4 rings (SSSR count). The van der Waals surface area contributed by atoms with Gasteiger partial charge in [0.1, 0.15) is 6.10 Å². The Bertz CT molecular complexity index is 1290. The Hall–Kier alpha value is -2.81. The minimum Gasteiger partial charge on any atom is -0.362 e. The number of benzene rings is 3. The second kappa shape index (κ2) is 9.77. The van der Waals surface area contributed by atoms with Gasteiger partial charge in [0, 0.05) is 17.6 Å². The van der Waals surface area contributed by atoms with Crippen molar-refractivity contribution in [3.63, 3.8) is 0 Å². The number of aromatic nitrogens is 2. The first-order valence-electron chi connectivity index (χ1n) is 9.78. The fourth-order valence-electron chi connectivity index (χ4n) is 3.52. The molecule has 0 aliphatic heterocycles. The zero-order chi connectivity index (χ0) is 22.7. The standard InChI is InChI=1S/C25H18Cl3N3O/c1-31-15-30-13-23(31)25(17-7-5-16(12-29)6-8-17)32-14-18-9-10-19(26)11-21(18)20-3-2-4-22(27)24(20)28/h2-11,13,15,25H,14H2,1H3/t25-/m1/s1. The fraction of sp³-hybridized carbons (Fsp3) is 0.120. The van der Waals surface area contributed by atoms with Gasteiger partial charge in [-0.25, -0.2) is 4.98 Å². The average Bonchev–Trinajstić information content (AvgIpc) is 3.22. The Balaban J connectivity index is 1.70. The first kappa shape index (κ1) is 22.4. The maximum Gasteiger partial charge on any atom is 0.124 e. The van der Waals surface area contributed by atoms with Gasteiger partial charge in [0.2, 0.25) is 0 Å². The third-order valence-corrected chi connectivity index (χ3v) is 6.24. The normalized spacial score (nSPS) is 11.8. The molecule has 4 nitrogen and oxygen atoms in total. The third-order valence-electron chi connectivity index (χ3n) is 5.18. The SMILES string of the molecule is Cn1cncc1[C@H](OCc1ccc(Cl)cc1-c1cccc(Cl)c1Cl)c1ccc(C#N)cc1. The van der Waals surface area contributed by atoms with E-state index in [-0.39, 0.29) is 6.10 Å². The summed E-state index contributed by atoms with van der Waals surface area (Å²) in [4.78, 5) is 4.24. The van der Waals surface area contributed by atoms with Crippen LogP contribution in [0.4, 0.5) is 0 Å². The van der Waals surface area contributed by atoms with Crippen LogP contribution in [0.2, 0.25) is 15.1 Å². The molecule has 1 atom stereocenters. The highest BCUT2D eigenvalue weighted by Crippen LogP contribution is 2.37. The molecule has 1 aromatic heterocycles. The lowest BCUT2D eigenvalue weighted by atomic mass is 9.99. The van der Waals surface area contributed by atoms with Crippen molar-refractivity contribution in [1.82, 2.24) is 9.55 Å². The van der Waals surface area contributed by atoms with Crippen LogP contribution in [-0.2, 0) is 18.4 Å². The average molecular weight is 483 g/mol. The quantitative estimate of drug-likeness (QED) is 0.291. The van der Waals surface area contributed by atoms with Crippen LogP contribution in [0.3, 0.4) is 0 Å². The van der Waals surface area contributed by atoms with Crippen LogP contribution in [0.5, 0.6) is 0 Å². The molecule has 0 unspecified atom stereocenters. The van der Waals surface area contributed by atoms with Gasteiger partial charge in [0.15, 0.2) is 0 Å². The molecule has 0 spiro atoms. The Morgan fingerprint density at radius 3 is 2.50 bits per heavy atom. The summed E-state index contributed by atoms with van der Waals surface area (Å²) in [6, 6.07) is 20.6. The summed E-state index contributed by atoms with van der Waals surface area (Å²) < 4.78 is 8.34. The van der Waals surface area contributed by atoms with Gasteiger partial charge in [-0.2, -0.15) is 5.26 Å². The highest BCUT2D eigenvalue weighted by Gasteiger charge is 2.20. The molecule has 160 valence electrons. The van der Waals surface area contributed by atoms with E-state index in [9.17, 15) is 0 Å². The fourth-order valence-corrected chi connectivity index (χ4v) is 4.09. The van der Waals surface area contributed by atoms with Gasteiger partial charge in [0.25, 0.3) is 0 Å². The maximum absolute atomic E-state index is 9.12. The molecule has 0 saturated heterocycles. The lowest BCUT2D eigenvalue weighted by molar-refractivity contribution is 0.0624. The number of ether oxygens (including phenoxy) is 1. The molecule has 0 saturated carbocycles. The van der Waals surface area contributed by atoms with E-state index in [2.05, 4.69) is 11.1 Å². The van der Waals surface area contributed by atoms with E-state index >= 15 is 0 Å². The Morgan fingerprint density at radius 1 is 1.03 bits per heavy atom. The second-order valence-electron chi connectivity index (χ2n) is 7.26. The molecule has 7 heteroatoms. The van der Waals surface area contributed by atoms with Crippen molar-refractivity contribution >= 4 is 34.8 Å². The molecule has 0 N–H and O–H groups in total. The second-order valence-corrected chi connectivity index (χ2v) is 8.48. The maximum atomic E-state index is 9.12. The number of aryl methyl sites for hydroxylation is 1. The molecule has 0 fully saturated rings. The largest absolute Gasteiger partial charge is 0.362 e. The molecular formula is C25H18Cl3N3O. The molecule has 0 bridgehead atoms. The van der Waals surface area contributed by atoms with Gasteiger partial charge in [-0.15, -0.1) is 0 Å². The summed E-state index contributed by atoms with van der Waals surface area (Å²) in [5.74, 6) is 0. The summed E-state index contributed by atoms with van der Waals surface area (Å²) in [6.07, 6.45) is 3.13. The zero-order valence-corrected chi connectivity index (χ0v) is 19.4. The summed E-state index contributed by atoms with van der Waals surface area (Å²) in [6.45, 7) is 0.297. The number of hydrogen-bond acceptors (Lipinski definition) is 3. The van der Waals surface area contributed by atoms with E-state index in [1.807, 2.05) is 54.1 Å². The van der Waals surface area contributed by atoms with Gasteiger partial charge < -0.3 is 9.30 Å². The molecule has 0 aliphatic rings. The smallest absolute Gasteiger partial charge is 0.124 e. The highest BCUT2D eigenvalue weighted by molar-refractivity contribution is 6.43.